The van der Waals surface area contributed by atoms with E-state index in [4.69, 9.17) is 9.73 Å². The highest BCUT2D eigenvalue weighted by Gasteiger charge is 2.35. The molecule has 6 rings (SSSR count). The minimum Gasteiger partial charge on any atom is -0.463 e. The van der Waals surface area contributed by atoms with Gasteiger partial charge < -0.3 is 9.30 Å². The zero-order valence-electron chi connectivity index (χ0n) is 24.0. The van der Waals surface area contributed by atoms with Crippen LogP contribution in [0.25, 0.3) is 17.5 Å². The van der Waals surface area contributed by atoms with Crippen LogP contribution in [0.1, 0.15) is 46.6 Å². The lowest BCUT2D eigenvalue weighted by Gasteiger charge is -2.25. The molecule has 0 spiro atoms. The minimum atomic E-state index is -0.682. The lowest BCUT2D eigenvalue weighted by Crippen LogP contribution is -2.40. The molecule has 0 N–H and O–H groups in total. The van der Waals surface area contributed by atoms with Gasteiger partial charge in [-0.3, -0.25) is 9.36 Å². The lowest BCUT2D eigenvalue weighted by atomic mass is 9.93. The van der Waals surface area contributed by atoms with Crippen LogP contribution in [-0.4, -0.2) is 21.7 Å². The number of ether oxygens (including phenoxy) is 1. The predicted octanol–water partition coefficient (Wildman–Crippen LogP) is 5.65. The summed E-state index contributed by atoms with van der Waals surface area (Å²) in [4.78, 5) is 33.2. The molecule has 1 aliphatic heterocycles. The number of benzene rings is 3. The normalized spacial score (nSPS) is 15.0. The first kappa shape index (κ1) is 27.4. The van der Waals surface area contributed by atoms with Gasteiger partial charge in [-0.05, 0) is 68.7 Å². The maximum Gasteiger partial charge on any atom is 0.338 e. The molecular formula is C35H31N3O3S. The number of esters is 1. The Kier molecular flexibility index (Phi) is 7.35. The highest BCUT2D eigenvalue weighted by molar-refractivity contribution is 7.07. The summed E-state index contributed by atoms with van der Waals surface area (Å²) < 4.78 is 9.94. The van der Waals surface area contributed by atoms with Gasteiger partial charge in [0, 0.05) is 22.6 Å². The second-order valence-electron chi connectivity index (χ2n) is 10.3. The van der Waals surface area contributed by atoms with Crippen molar-refractivity contribution in [1.82, 2.24) is 9.13 Å². The van der Waals surface area contributed by atoms with Gasteiger partial charge in [-0.15, -0.1) is 0 Å². The van der Waals surface area contributed by atoms with Gasteiger partial charge in [0.05, 0.1) is 28.5 Å². The highest BCUT2D eigenvalue weighted by atomic mass is 32.1. The number of aromatic nitrogens is 2. The number of rotatable bonds is 6. The van der Waals surface area contributed by atoms with Crippen LogP contribution in [0.2, 0.25) is 0 Å². The fourth-order valence-corrected chi connectivity index (χ4v) is 6.62. The van der Waals surface area contributed by atoms with Crippen LogP contribution in [0.3, 0.4) is 0 Å². The zero-order valence-corrected chi connectivity index (χ0v) is 24.8. The average Bonchev–Trinajstić information content (AvgIpc) is 3.46. The summed E-state index contributed by atoms with van der Waals surface area (Å²) in [6.45, 7) is 8.21. The van der Waals surface area contributed by atoms with Crippen molar-refractivity contribution >= 4 is 29.1 Å². The zero-order chi connectivity index (χ0) is 29.4. The Morgan fingerprint density at radius 2 is 1.67 bits per heavy atom. The molecule has 0 saturated heterocycles. The predicted molar refractivity (Wildman–Crippen MR) is 167 cm³/mol. The summed E-state index contributed by atoms with van der Waals surface area (Å²) in [6.07, 6.45) is 1.94. The van der Waals surface area contributed by atoms with Crippen LogP contribution in [0, 0.1) is 20.8 Å². The fraction of sp³-hybridized carbons (Fsp3) is 0.171. The van der Waals surface area contributed by atoms with Gasteiger partial charge in [-0.1, -0.05) is 84.1 Å². The van der Waals surface area contributed by atoms with Gasteiger partial charge in [-0.2, -0.15) is 0 Å². The number of hydrogen-bond acceptors (Lipinski definition) is 5. The Morgan fingerprint density at radius 3 is 2.36 bits per heavy atom. The number of fused-ring (bicyclic) bond motifs is 1. The van der Waals surface area contributed by atoms with E-state index in [1.165, 1.54) is 16.9 Å². The van der Waals surface area contributed by atoms with Crippen molar-refractivity contribution in [2.75, 3.05) is 6.61 Å². The fourth-order valence-electron chi connectivity index (χ4n) is 5.63. The topological polar surface area (TPSA) is 65.6 Å². The van der Waals surface area contributed by atoms with E-state index in [1.54, 1.807) is 11.5 Å². The van der Waals surface area contributed by atoms with Crippen LogP contribution in [0.5, 0.6) is 0 Å². The molecule has 0 unspecified atom stereocenters. The first-order valence-electron chi connectivity index (χ1n) is 14.0. The number of carbonyl (C=O) groups is 1. The molecule has 7 heteroatoms. The van der Waals surface area contributed by atoms with Crippen LogP contribution in [0.15, 0.2) is 106 Å². The third-order valence-corrected chi connectivity index (χ3v) is 8.49. The minimum absolute atomic E-state index is 0.193. The highest BCUT2D eigenvalue weighted by Crippen LogP contribution is 2.35. The van der Waals surface area contributed by atoms with Crippen LogP contribution in [0.4, 0.5) is 0 Å². The van der Waals surface area contributed by atoms with Gasteiger partial charge in [0.1, 0.15) is 0 Å². The molecule has 0 radical (unpaired) electrons. The van der Waals surface area contributed by atoms with Crippen LogP contribution < -0.4 is 14.9 Å². The molecule has 3 heterocycles. The van der Waals surface area contributed by atoms with E-state index in [0.717, 1.165) is 33.8 Å². The molecule has 5 aromatic rings. The van der Waals surface area contributed by atoms with E-state index >= 15 is 0 Å². The number of thiazole rings is 1. The molecule has 6 nitrogen and oxygen atoms in total. The van der Waals surface area contributed by atoms with Crippen molar-refractivity contribution in [1.29, 1.82) is 0 Å². The third kappa shape index (κ3) is 4.86. The maximum absolute atomic E-state index is 14.2. The van der Waals surface area contributed by atoms with E-state index in [9.17, 15) is 9.59 Å². The van der Waals surface area contributed by atoms with E-state index in [1.807, 2.05) is 66.7 Å². The Morgan fingerprint density at radius 1 is 0.952 bits per heavy atom. The summed E-state index contributed by atoms with van der Waals surface area (Å²) in [5, 5.41) is 0. The summed E-state index contributed by atoms with van der Waals surface area (Å²) in [5.41, 5.74) is 7.64. The van der Waals surface area contributed by atoms with Crippen molar-refractivity contribution < 1.29 is 9.53 Å². The number of aryl methyl sites for hydroxylation is 2. The van der Waals surface area contributed by atoms with Gasteiger partial charge in [0.2, 0.25) is 0 Å². The van der Waals surface area contributed by atoms with Crippen molar-refractivity contribution in [2.45, 2.75) is 33.7 Å². The third-order valence-electron chi connectivity index (χ3n) is 7.51. The number of nitrogens with zero attached hydrogens (tertiary/aromatic N) is 3. The molecule has 42 heavy (non-hydrogen) atoms. The molecule has 0 bridgehead atoms. The lowest BCUT2D eigenvalue weighted by molar-refractivity contribution is -0.138. The summed E-state index contributed by atoms with van der Waals surface area (Å²) in [7, 11) is 0. The Bertz CT molecular complexity index is 2020. The molecule has 1 aliphatic rings. The summed E-state index contributed by atoms with van der Waals surface area (Å²) >= 11 is 1.34. The van der Waals surface area contributed by atoms with E-state index in [0.29, 0.717) is 20.6 Å². The monoisotopic (exact) mass is 573 g/mol. The molecule has 0 amide bonds. The average molecular weight is 574 g/mol. The van der Waals surface area contributed by atoms with Crippen LogP contribution >= 0.6 is 11.3 Å². The standard InChI is InChI=1S/C35H31N3O3S/c1-5-41-34(40)30-31(25-14-8-6-9-15-25)36-35-38(32(30)26-16-10-7-11-17-26)33(39)29(42-35)21-27-20-23(3)37(24(27)4)28-18-12-13-22(2)19-28/h6-21,32H,5H2,1-4H3/b29-21+/t32-/m0/s1. The van der Waals surface area contributed by atoms with Crippen molar-refractivity contribution in [2.24, 2.45) is 4.99 Å². The van der Waals surface area contributed by atoms with Crippen molar-refractivity contribution in [3.05, 3.63) is 150 Å². The van der Waals surface area contributed by atoms with E-state index in [-0.39, 0.29) is 12.2 Å². The molecular weight excluding hydrogens is 542 g/mol. The molecule has 0 fully saturated rings. The first-order valence-corrected chi connectivity index (χ1v) is 14.8. The van der Waals surface area contributed by atoms with Crippen LogP contribution in [-0.2, 0) is 9.53 Å². The van der Waals surface area contributed by atoms with Gasteiger partial charge in [0.15, 0.2) is 4.80 Å². The SMILES string of the molecule is CCOC(=O)C1=C(c2ccccc2)N=c2s/c(=C/c3cc(C)n(-c4cccc(C)c4)c3C)c(=O)n2[C@H]1c1ccccc1. The molecule has 3 aromatic carbocycles. The molecule has 1 atom stereocenters. The van der Waals surface area contributed by atoms with E-state index in [2.05, 4.69) is 55.7 Å². The molecule has 210 valence electrons. The maximum atomic E-state index is 14.2. The Balaban J connectivity index is 1.60. The second kappa shape index (κ2) is 11.3. The van der Waals surface area contributed by atoms with Gasteiger partial charge >= 0.3 is 5.97 Å². The summed E-state index contributed by atoms with van der Waals surface area (Å²) in [5.74, 6) is -0.482. The molecule has 0 saturated carbocycles. The largest absolute Gasteiger partial charge is 0.463 e. The van der Waals surface area contributed by atoms with Crippen molar-refractivity contribution in [3.8, 4) is 5.69 Å². The Labute approximate surface area is 248 Å². The second-order valence-corrected chi connectivity index (χ2v) is 11.4. The van der Waals surface area contributed by atoms with E-state index < -0.39 is 12.0 Å². The smallest absolute Gasteiger partial charge is 0.338 e. The summed E-state index contributed by atoms with van der Waals surface area (Å²) in [6, 6.07) is 29.0. The first-order chi connectivity index (χ1) is 20.4. The van der Waals surface area contributed by atoms with Gasteiger partial charge in [0.25, 0.3) is 5.56 Å². The quantitative estimate of drug-likeness (QED) is 0.247. The number of carbonyl (C=O) groups excluding carboxylic acids is 1. The Hall–Kier alpha value is -4.75. The van der Waals surface area contributed by atoms with Gasteiger partial charge in [-0.25, -0.2) is 9.79 Å². The molecule has 0 aliphatic carbocycles. The van der Waals surface area contributed by atoms with Crippen molar-refractivity contribution in [3.63, 3.8) is 0 Å². The number of hydrogen-bond donors (Lipinski definition) is 0. The molecule has 2 aromatic heterocycles.